The minimum absolute atomic E-state index is 0.258. The van der Waals surface area contributed by atoms with Crippen LogP contribution in [0.1, 0.15) is 200 Å². The molecule has 0 aromatic rings. The molecule has 332 valence electrons. The largest absolute Gasteiger partial charge is 0.394 e. The van der Waals surface area contributed by atoms with E-state index >= 15 is 0 Å². The van der Waals surface area contributed by atoms with Crippen LogP contribution in [-0.2, 0) is 14.3 Å². The monoisotopic (exact) mass is 802 g/mol. The Morgan fingerprint density at radius 1 is 0.607 bits per heavy atom. The van der Waals surface area contributed by atoms with E-state index < -0.39 is 74.2 Å². The first-order chi connectivity index (χ1) is 27.2. The van der Waals surface area contributed by atoms with Crippen molar-refractivity contribution >= 4 is 5.91 Å². The van der Waals surface area contributed by atoms with Crippen LogP contribution in [0.2, 0.25) is 0 Å². The van der Waals surface area contributed by atoms with Gasteiger partial charge in [-0.2, -0.15) is 0 Å². The maximum atomic E-state index is 13.1. The summed E-state index contributed by atoms with van der Waals surface area (Å²) < 4.78 is 11.1. The van der Waals surface area contributed by atoms with Crippen LogP contribution in [0.25, 0.3) is 0 Å². The minimum atomic E-state index is -1.66. The van der Waals surface area contributed by atoms with Crippen molar-refractivity contribution < 1.29 is 50.0 Å². The molecule has 0 saturated carbocycles. The number of carbonyl (C=O) groups is 1. The van der Waals surface area contributed by atoms with E-state index in [0.29, 0.717) is 12.8 Å². The summed E-state index contributed by atoms with van der Waals surface area (Å²) in [4.78, 5) is 13.1. The first kappa shape index (κ1) is 52.9. The van der Waals surface area contributed by atoms with Crippen LogP contribution in [0.4, 0.5) is 0 Å². The highest BCUT2D eigenvalue weighted by molar-refractivity contribution is 5.80. The number of aliphatic hydroxyl groups is 7. The van der Waals surface area contributed by atoms with E-state index in [0.717, 1.165) is 38.5 Å². The smallest absolute Gasteiger partial charge is 0.249 e. The molecule has 1 heterocycles. The van der Waals surface area contributed by atoms with E-state index in [1.54, 1.807) is 0 Å². The molecule has 1 rings (SSSR count). The van der Waals surface area contributed by atoms with Crippen molar-refractivity contribution in [2.24, 2.45) is 0 Å². The molecule has 11 heteroatoms. The van der Waals surface area contributed by atoms with Crippen LogP contribution in [0.3, 0.4) is 0 Å². The number of amides is 1. The molecule has 0 aromatic heterocycles. The summed E-state index contributed by atoms with van der Waals surface area (Å²) in [6.45, 7) is 3.42. The normalized spacial score (nSPS) is 22.3. The Bertz CT molecular complexity index is 923. The van der Waals surface area contributed by atoms with E-state index in [1.165, 1.54) is 122 Å². The second kappa shape index (κ2) is 35.8. The predicted molar refractivity (Wildman–Crippen MR) is 224 cm³/mol. The predicted octanol–water partition coefficient (Wildman–Crippen LogP) is 7.28. The van der Waals surface area contributed by atoms with Gasteiger partial charge in [-0.1, -0.05) is 174 Å². The molecule has 1 fully saturated rings. The molecular weight excluding hydrogens is 714 g/mol. The van der Waals surface area contributed by atoms with Gasteiger partial charge in [-0.15, -0.1) is 0 Å². The molecule has 8 N–H and O–H groups in total. The third kappa shape index (κ3) is 25.4. The average Bonchev–Trinajstić information content (AvgIpc) is 3.20. The van der Waals surface area contributed by atoms with Gasteiger partial charge in [-0.05, 0) is 38.5 Å². The van der Waals surface area contributed by atoms with Crippen LogP contribution >= 0.6 is 0 Å². The average molecular weight is 802 g/mol. The van der Waals surface area contributed by atoms with E-state index in [4.69, 9.17) is 9.47 Å². The Kier molecular flexibility index (Phi) is 33.8. The molecule has 0 aliphatic carbocycles. The van der Waals surface area contributed by atoms with Crippen molar-refractivity contribution in [3.8, 4) is 0 Å². The molecule has 0 aromatic carbocycles. The fraction of sp³-hybridized carbons (Fsp3) is 0.933. The summed E-state index contributed by atoms with van der Waals surface area (Å²) in [7, 11) is 0. The number of carbonyl (C=O) groups excluding carboxylic acids is 1. The van der Waals surface area contributed by atoms with Gasteiger partial charge >= 0.3 is 0 Å². The Morgan fingerprint density at radius 3 is 1.54 bits per heavy atom. The Hall–Kier alpha value is -1.15. The number of rotatable bonds is 38. The highest BCUT2D eigenvalue weighted by Gasteiger charge is 2.44. The van der Waals surface area contributed by atoms with E-state index in [-0.39, 0.29) is 12.8 Å². The lowest BCUT2D eigenvalue weighted by molar-refractivity contribution is -0.303. The molecular formula is C45H87NO10. The van der Waals surface area contributed by atoms with Gasteiger partial charge in [0.2, 0.25) is 5.91 Å². The third-order valence-corrected chi connectivity index (χ3v) is 11.3. The van der Waals surface area contributed by atoms with Crippen molar-refractivity contribution in [2.75, 3.05) is 13.2 Å². The number of hydrogen-bond donors (Lipinski definition) is 8. The molecule has 1 aliphatic heterocycles. The summed E-state index contributed by atoms with van der Waals surface area (Å²) in [5.41, 5.74) is 0. The molecule has 1 saturated heterocycles. The molecule has 1 aliphatic rings. The van der Waals surface area contributed by atoms with Gasteiger partial charge < -0.3 is 50.5 Å². The first-order valence-corrected chi connectivity index (χ1v) is 23.1. The summed E-state index contributed by atoms with van der Waals surface area (Å²) in [5, 5.41) is 75.6. The lowest BCUT2D eigenvalue weighted by Gasteiger charge is -2.40. The lowest BCUT2D eigenvalue weighted by Crippen LogP contribution is -2.60. The number of hydrogen-bond acceptors (Lipinski definition) is 10. The van der Waals surface area contributed by atoms with E-state index in [2.05, 4.69) is 31.3 Å². The van der Waals surface area contributed by atoms with Crippen molar-refractivity contribution in [3.63, 3.8) is 0 Å². The van der Waals surface area contributed by atoms with Crippen molar-refractivity contribution in [3.05, 3.63) is 12.2 Å². The van der Waals surface area contributed by atoms with Gasteiger partial charge in [0.05, 0.1) is 25.4 Å². The Balaban J connectivity index is 2.49. The van der Waals surface area contributed by atoms with Crippen LogP contribution in [0.15, 0.2) is 12.2 Å². The zero-order valence-electron chi connectivity index (χ0n) is 35.6. The lowest BCUT2D eigenvalue weighted by atomic mass is 9.98. The van der Waals surface area contributed by atoms with Crippen LogP contribution < -0.4 is 5.32 Å². The van der Waals surface area contributed by atoms with Gasteiger partial charge in [0, 0.05) is 0 Å². The van der Waals surface area contributed by atoms with Gasteiger partial charge in [-0.3, -0.25) is 4.79 Å². The molecule has 56 heavy (non-hydrogen) atoms. The van der Waals surface area contributed by atoms with Crippen LogP contribution in [-0.4, -0.2) is 110 Å². The fourth-order valence-electron chi connectivity index (χ4n) is 7.44. The van der Waals surface area contributed by atoms with Crippen molar-refractivity contribution in [1.82, 2.24) is 5.32 Å². The first-order valence-electron chi connectivity index (χ1n) is 23.1. The molecule has 9 atom stereocenters. The molecule has 1 amide bonds. The molecule has 0 spiro atoms. The van der Waals surface area contributed by atoms with Crippen molar-refractivity contribution in [2.45, 2.75) is 255 Å². The Labute approximate surface area is 341 Å². The van der Waals surface area contributed by atoms with E-state index in [9.17, 15) is 40.5 Å². The zero-order chi connectivity index (χ0) is 41.2. The number of nitrogens with one attached hydrogen (secondary N) is 1. The fourth-order valence-corrected chi connectivity index (χ4v) is 7.44. The highest BCUT2D eigenvalue weighted by atomic mass is 16.7. The number of aliphatic hydroxyl groups excluding tert-OH is 7. The molecule has 9 unspecified atom stereocenters. The zero-order valence-corrected chi connectivity index (χ0v) is 35.6. The second-order valence-electron chi connectivity index (χ2n) is 16.5. The highest BCUT2D eigenvalue weighted by Crippen LogP contribution is 2.23. The number of ether oxygens (including phenoxy) is 2. The van der Waals surface area contributed by atoms with Gasteiger partial charge in [0.1, 0.15) is 36.6 Å². The maximum absolute atomic E-state index is 13.1. The molecule has 11 nitrogen and oxygen atoms in total. The summed E-state index contributed by atoms with van der Waals surface area (Å²) in [5.74, 6) is -0.705. The quantitative estimate of drug-likeness (QED) is 0.0233. The van der Waals surface area contributed by atoms with Gasteiger partial charge in [-0.25, -0.2) is 0 Å². The summed E-state index contributed by atoms with van der Waals surface area (Å²) in [6.07, 6.45) is 25.4. The molecule has 0 bridgehead atoms. The van der Waals surface area contributed by atoms with E-state index in [1.807, 2.05) is 0 Å². The standard InChI is InChI=1S/C45H87NO10/c1-3-5-7-9-11-13-15-17-19-21-22-24-26-28-30-32-37(48)40(50)36(35-55-45-43(53)42(52)41(51)39(34-47)56-45)46-44(54)38(49)33-31-29-27-25-23-20-18-16-14-12-10-8-6-4-2/h24,26,36-43,45,47-53H,3-23,25,27-35H2,1-2H3,(H,46,54)/b26-24+. The second-order valence-corrected chi connectivity index (χ2v) is 16.5. The summed E-state index contributed by atoms with van der Waals surface area (Å²) in [6, 6.07) is -1.18. The van der Waals surface area contributed by atoms with Crippen LogP contribution in [0.5, 0.6) is 0 Å². The Morgan fingerprint density at radius 2 is 1.05 bits per heavy atom. The van der Waals surface area contributed by atoms with Crippen LogP contribution in [0, 0.1) is 0 Å². The van der Waals surface area contributed by atoms with Gasteiger partial charge in [0.25, 0.3) is 0 Å². The SMILES string of the molecule is CCCCCCCCCCCC/C=C/CCCC(O)C(O)C(COC1OC(CO)C(O)C(O)C1O)NC(=O)C(O)CCCCCCCCCCCCCCCC. The van der Waals surface area contributed by atoms with Gasteiger partial charge in [0.15, 0.2) is 6.29 Å². The number of allylic oxidation sites excluding steroid dienone is 2. The molecule has 0 radical (unpaired) electrons. The third-order valence-electron chi connectivity index (χ3n) is 11.3. The number of unbranched alkanes of at least 4 members (excludes halogenated alkanes) is 24. The minimum Gasteiger partial charge on any atom is -0.394 e. The topological polar surface area (TPSA) is 189 Å². The summed E-state index contributed by atoms with van der Waals surface area (Å²) >= 11 is 0. The maximum Gasteiger partial charge on any atom is 0.249 e. The van der Waals surface area contributed by atoms with Crippen molar-refractivity contribution in [1.29, 1.82) is 0 Å².